The zero-order valence-corrected chi connectivity index (χ0v) is 40.3. The number of cyclic esters (lactones) is 1. The number of hydrogen-bond donors (Lipinski definition) is 13. The number of carbonyl (C=O) groups is 2. The van der Waals surface area contributed by atoms with Crippen molar-refractivity contribution in [2.24, 2.45) is 17.6 Å². The molecule has 0 spiro atoms. The number of aliphatic hydroxyl groups is 11. The molecule has 19 atom stereocenters. The maximum Gasteiger partial charge on any atom is 0.308 e. The molecule has 3 aliphatic heterocycles. The molecule has 4 aliphatic rings. The van der Waals surface area contributed by atoms with Crippen LogP contribution in [0.4, 0.5) is 0 Å². The number of nitrogens with two attached hydrogens (primary N) is 1. The number of esters is 1. The van der Waals surface area contributed by atoms with Gasteiger partial charge in [-0.1, -0.05) is 92.0 Å². The van der Waals surface area contributed by atoms with E-state index in [1.54, 1.807) is 61.6 Å². The summed E-state index contributed by atoms with van der Waals surface area (Å²) in [5.41, 5.74) is 6.03. The van der Waals surface area contributed by atoms with Crippen molar-refractivity contribution < 1.29 is 84.7 Å². The third kappa shape index (κ3) is 20.6. The molecule has 4 rings (SSSR count). The third-order valence-electron chi connectivity index (χ3n) is 13.1. The summed E-state index contributed by atoms with van der Waals surface area (Å²) in [6, 6.07) is -1.52. The van der Waals surface area contributed by atoms with Crippen LogP contribution in [0, 0.1) is 11.8 Å². The number of allylic oxidation sites excluding steroid dienone is 12. The van der Waals surface area contributed by atoms with Gasteiger partial charge in [0.25, 0.3) is 0 Å². The standard InChI is InChI=1S/C51H80N2O17/c1-31-16-13-11-9-7-5-3-4-6-8-10-12-14-19-38(69-50-48(64)47(52)43(62)30-67-50)27-44-46(49(65)53-33-17-15-18-34(54)23-33)42(61)29-51(66,70-44)28-37(57)25-41(60)39(58)21-20-35(55)24-36(56)26-45(63)68-32(2)22-40(31)59/h3-14,16,19,31-44,46-48,50,54-62,64,66H,15,17-18,20-30,52H2,1-2H3,(H,53,65)/b4-3+,7-5+,8-6+,11-9+,12-10+,16-13+,19-14+/t31-,32-,33+,34-,35?,36?,37?,38?,39+,40-,41?,42-,43+,44-,46+,47-,48-,50-,51?/m0/s1. The lowest BCUT2D eigenvalue weighted by Gasteiger charge is -2.46. The highest BCUT2D eigenvalue weighted by Crippen LogP contribution is 2.38. The minimum absolute atomic E-state index is 0.0965. The number of hydrogen-bond acceptors (Lipinski definition) is 18. The number of fused-ring (bicyclic) bond motifs is 2. The van der Waals surface area contributed by atoms with Crippen LogP contribution in [0.15, 0.2) is 85.1 Å². The average Bonchev–Trinajstić information content (AvgIpc) is 3.27. The van der Waals surface area contributed by atoms with E-state index in [0.717, 1.165) is 0 Å². The van der Waals surface area contributed by atoms with Gasteiger partial charge >= 0.3 is 5.97 Å². The molecule has 2 bridgehead atoms. The highest BCUT2D eigenvalue weighted by Gasteiger charge is 2.51. The van der Waals surface area contributed by atoms with E-state index in [1.807, 2.05) is 37.3 Å². The third-order valence-corrected chi connectivity index (χ3v) is 13.1. The van der Waals surface area contributed by atoms with Crippen molar-refractivity contribution in [3.8, 4) is 0 Å². The predicted octanol–water partition coefficient (Wildman–Crippen LogP) is 0.412. The van der Waals surface area contributed by atoms with Crippen LogP contribution in [-0.2, 0) is 28.5 Å². The monoisotopic (exact) mass is 993 g/mol. The van der Waals surface area contributed by atoms with Gasteiger partial charge in [-0.2, -0.15) is 0 Å². The molecule has 14 N–H and O–H groups in total. The Morgan fingerprint density at radius 3 is 1.91 bits per heavy atom. The van der Waals surface area contributed by atoms with Crippen molar-refractivity contribution in [3.05, 3.63) is 85.1 Å². The Balaban J connectivity index is 1.58. The Morgan fingerprint density at radius 2 is 1.27 bits per heavy atom. The fourth-order valence-corrected chi connectivity index (χ4v) is 9.10. The van der Waals surface area contributed by atoms with Gasteiger partial charge in [0.05, 0.1) is 92.1 Å². The quantitative estimate of drug-likeness (QED) is 0.170. The SMILES string of the molecule is C[C@H]1C[C@H](O)[C@@H](C)/C=C/C=C/C=C/C=C/C=C/C=C/C=C/C(O[C@@H]2OC[C@@H](O)[C@H](N)[C@@H]2O)C[C@@H]2OC(O)(CC(O)CC(O)[C@H](O)CCC(O)CC(O)CC(=O)O1)C[C@H](O)[C@H]2C(=O)N[C@@H]1CCC[C@H](O)C1. The molecule has 396 valence electrons. The molecule has 6 unspecified atom stereocenters. The molecule has 19 heteroatoms. The number of ether oxygens (including phenoxy) is 4. The van der Waals surface area contributed by atoms with E-state index in [2.05, 4.69) is 5.32 Å². The first-order valence-corrected chi connectivity index (χ1v) is 24.6. The van der Waals surface area contributed by atoms with Gasteiger partial charge in [-0.3, -0.25) is 9.59 Å². The van der Waals surface area contributed by atoms with Gasteiger partial charge in [0, 0.05) is 44.1 Å². The van der Waals surface area contributed by atoms with Crippen LogP contribution in [0.2, 0.25) is 0 Å². The molecular weight excluding hydrogens is 913 g/mol. The molecule has 70 heavy (non-hydrogen) atoms. The summed E-state index contributed by atoms with van der Waals surface area (Å²) >= 11 is 0. The van der Waals surface area contributed by atoms with Crippen LogP contribution < -0.4 is 11.1 Å². The minimum Gasteiger partial charge on any atom is -0.462 e. The van der Waals surface area contributed by atoms with E-state index in [4.69, 9.17) is 24.7 Å². The zero-order chi connectivity index (χ0) is 51.4. The van der Waals surface area contributed by atoms with Crippen LogP contribution in [0.25, 0.3) is 0 Å². The molecule has 1 aliphatic carbocycles. The minimum atomic E-state index is -2.28. The number of nitrogens with one attached hydrogen (secondary N) is 1. The summed E-state index contributed by atoms with van der Waals surface area (Å²) in [5.74, 6) is -5.18. The van der Waals surface area contributed by atoms with E-state index in [-0.39, 0.29) is 44.6 Å². The fourth-order valence-electron chi connectivity index (χ4n) is 9.10. The predicted molar refractivity (Wildman–Crippen MR) is 257 cm³/mol. The molecule has 3 fully saturated rings. The topological polar surface area (TPSA) is 332 Å². The van der Waals surface area contributed by atoms with Crippen molar-refractivity contribution in [2.75, 3.05) is 6.61 Å². The maximum absolute atomic E-state index is 14.0. The van der Waals surface area contributed by atoms with Gasteiger partial charge in [-0.25, -0.2) is 0 Å². The van der Waals surface area contributed by atoms with E-state index >= 15 is 0 Å². The lowest BCUT2D eigenvalue weighted by Crippen LogP contribution is -2.60. The van der Waals surface area contributed by atoms with Gasteiger partial charge in [-0.05, 0) is 51.9 Å². The maximum atomic E-state index is 14.0. The molecule has 0 aromatic rings. The normalized spacial score (nSPS) is 44.3. The Kier molecular flexibility index (Phi) is 25.2. The van der Waals surface area contributed by atoms with Gasteiger partial charge in [0.15, 0.2) is 12.1 Å². The van der Waals surface area contributed by atoms with Crippen molar-refractivity contribution in [1.82, 2.24) is 5.32 Å². The van der Waals surface area contributed by atoms with Crippen molar-refractivity contribution >= 4 is 11.9 Å². The Bertz CT molecular complexity index is 1790. The van der Waals surface area contributed by atoms with Crippen LogP contribution >= 0.6 is 0 Å². The van der Waals surface area contributed by atoms with E-state index < -0.39 is 147 Å². The van der Waals surface area contributed by atoms with Crippen molar-refractivity contribution in [2.45, 2.75) is 201 Å². The summed E-state index contributed by atoms with van der Waals surface area (Å²) < 4.78 is 23.4. The largest absolute Gasteiger partial charge is 0.462 e. The fraction of sp³-hybridized carbons (Fsp3) is 0.686. The van der Waals surface area contributed by atoms with Gasteiger partial charge < -0.3 is 86.2 Å². The van der Waals surface area contributed by atoms with Gasteiger partial charge in [-0.15, -0.1) is 0 Å². The molecular formula is C51H80N2O17. The van der Waals surface area contributed by atoms with E-state index in [0.29, 0.717) is 25.7 Å². The Labute approximate surface area is 411 Å². The first kappa shape index (κ1) is 59.1. The molecule has 2 saturated heterocycles. The van der Waals surface area contributed by atoms with Gasteiger partial charge in [0.2, 0.25) is 5.91 Å². The highest BCUT2D eigenvalue weighted by molar-refractivity contribution is 5.80. The Hall–Kier alpha value is -3.48. The average molecular weight is 993 g/mol. The molecule has 0 aromatic carbocycles. The molecule has 3 heterocycles. The summed E-state index contributed by atoms with van der Waals surface area (Å²) in [6.45, 7) is 3.20. The second kappa shape index (κ2) is 29.9. The summed E-state index contributed by atoms with van der Waals surface area (Å²) in [5, 5.41) is 122. The molecule has 19 nitrogen and oxygen atoms in total. The van der Waals surface area contributed by atoms with Crippen LogP contribution in [0.1, 0.15) is 97.3 Å². The second-order valence-electron chi connectivity index (χ2n) is 19.4. The van der Waals surface area contributed by atoms with Crippen LogP contribution in [0.3, 0.4) is 0 Å². The number of rotatable bonds is 4. The lowest BCUT2D eigenvalue weighted by atomic mass is 9.81. The molecule has 1 amide bonds. The smallest absolute Gasteiger partial charge is 0.308 e. The highest BCUT2D eigenvalue weighted by atomic mass is 16.7. The first-order valence-electron chi connectivity index (χ1n) is 24.6. The molecule has 0 radical (unpaired) electrons. The number of aliphatic hydroxyl groups excluding tert-OH is 10. The van der Waals surface area contributed by atoms with Gasteiger partial charge in [0.1, 0.15) is 12.2 Å². The lowest BCUT2D eigenvalue weighted by molar-refractivity contribution is -0.304. The first-order chi connectivity index (χ1) is 33.2. The number of amides is 1. The van der Waals surface area contributed by atoms with Crippen LogP contribution in [0.5, 0.6) is 0 Å². The van der Waals surface area contributed by atoms with E-state index in [1.165, 1.54) is 0 Å². The molecule has 1 saturated carbocycles. The van der Waals surface area contributed by atoms with Crippen LogP contribution in [-0.4, -0.2) is 178 Å². The molecule has 0 aromatic heterocycles. The zero-order valence-electron chi connectivity index (χ0n) is 40.3. The Morgan fingerprint density at radius 1 is 0.657 bits per heavy atom. The summed E-state index contributed by atoms with van der Waals surface area (Å²) in [7, 11) is 0. The summed E-state index contributed by atoms with van der Waals surface area (Å²) in [6.07, 6.45) is 7.16. The second-order valence-corrected chi connectivity index (χ2v) is 19.4. The summed E-state index contributed by atoms with van der Waals surface area (Å²) in [4.78, 5) is 26.6. The van der Waals surface area contributed by atoms with E-state index in [9.17, 15) is 65.8 Å². The number of carbonyl (C=O) groups excluding carboxylic acids is 2. The van der Waals surface area contributed by atoms with Crippen molar-refractivity contribution in [1.29, 1.82) is 0 Å². The van der Waals surface area contributed by atoms with Crippen molar-refractivity contribution in [3.63, 3.8) is 0 Å².